The van der Waals surface area contributed by atoms with Crippen LogP contribution in [0.4, 0.5) is 5.69 Å². The summed E-state index contributed by atoms with van der Waals surface area (Å²) < 4.78 is 0. The van der Waals surface area contributed by atoms with Crippen LogP contribution in [0.2, 0.25) is 0 Å². The van der Waals surface area contributed by atoms with Crippen molar-refractivity contribution in [2.45, 2.75) is 44.6 Å². The number of amides is 1. The molecule has 0 radical (unpaired) electrons. The summed E-state index contributed by atoms with van der Waals surface area (Å²) in [5, 5.41) is 0. The maximum atomic E-state index is 12.9. The summed E-state index contributed by atoms with van der Waals surface area (Å²) >= 11 is 0. The van der Waals surface area contributed by atoms with Gasteiger partial charge in [-0.1, -0.05) is 49.4 Å². The van der Waals surface area contributed by atoms with Crippen molar-refractivity contribution in [3.8, 4) is 0 Å². The number of hydrogen-bond donors (Lipinski definition) is 1. The van der Waals surface area contributed by atoms with Crippen LogP contribution in [0.25, 0.3) is 0 Å². The normalized spacial score (nSPS) is 17.8. The fourth-order valence-corrected chi connectivity index (χ4v) is 3.86. The number of rotatable bonds is 5. The fraction of sp³-hybridized carbons (Fsp3) is 0.381. The molecule has 1 aliphatic heterocycles. The molecule has 0 saturated carbocycles. The molecule has 2 aromatic carbocycles. The van der Waals surface area contributed by atoms with E-state index in [4.69, 9.17) is 5.73 Å². The summed E-state index contributed by atoms with van der Waals surface area (Å²) in [6.07, 6.45) is 3.71. The number of nitrogens with zero attached hydrogens (tertiary/aromatic N) is 1. The molecule has 1 heterocycles. The predicted octanol–water partition coefficient (Wildman–Crippen LogP) is 4.42. The Labute approximate surface area is 156 Å². The van der Waals surface area contributed by atoms with Crippen LogP contribution in [0.1, 0.15) is 43.2 Å². The quantitative estimate of drug-likeness (QED) is 0.804. The molecule has 4 heteroatoms. The standard InChI is InChI=1S/C21H26N2O.ClH/c1-2-19(17-7-4-3-5-8-17)20-9-6-14-23(20)21(24)15-16-10-12-18(22)13-11-16;/h3-5,7-8,10-13,19-20H,2,6,9,14-15,22H2,1H3;1H. The van der Waals surface area contributed by atoms with E-state index in [1.807, 2.05) is 24.3 Å². The summed E-state index contributed by atoms with van der Waals surface area (Å²) in [6, 6.07) is 18.6. The van der Waals surface area contributed by atoms with Crippen LogP contribution in [0.3, 0.4) is 0 Å². The highest BCUT2D eigenvalue weighted by Gasteiger charge is 2.34. The summed E-state index contributed by atoms with van der Waals surface area (Å²) in [7, 11) is 0. The van der Waals surface area contributed by atoms with Gasteiger partial charge in [-0.05, 0) is 42.5 Å². The highest BCUT2D eigenvalue weighted by Crippen LogP contribution is 2.33. The molecular formula is C21H27ClN2O. The van der Waals surface area contributed by atoms with Crippen LogP contribution >= 0.6 is 12.4 Å². The molecule has 0 spiro atoms. The molecule has 0 aliphatic carbocycles. The third kappa shape index (κ3) is 4.55. The van der Waals surface area contributed by atoms with E-state index in [9.17, 15) is 4.79 Å². The Balaban J connectivity index is 0.00000225. The van der Waals surface area contributed by atoms with Gasteiger partial charge >= 0.3 is 0 Å². The molecule has 3 rings (SSSR count). The van der Waals surface area contributed by atoms with Gasteiger partial charge in [-0.25, -0.2) is 0 Å². The minimum Gasteiger partial charge on any atom is -0.399 e. The van der Waals surface area contributed by atoms with Crippen molar-refractivity contribution in [3.05, 3.63) is 65.7 Å². The summed E-state index contributed by atoms with van der Waals surface area (Å²) in [5.41, 5.74) is 8.84. The van der Waals surface area contributed by atoms with Crippen LogP contribution in [0.15, 0.2) is 54.6 Å². The molecule has 1 aliphatic rings. The van der Waals surface area contributed by atoms with Gasteiger partial charge in [0.2, 0.25) is 5.91 Å². The molecule has 0 aromatic heterocycles. The van der Waals surface area contributed by atoms with Crippen LogP contribution in [-0.2, 0) is 11.2 Å². The van der Waals surface area contributed by atoms with Gasteiger partial charge in [0.25, 0.3) is 0 Å². The lowest BCUT2D eigenvalue weighted by atomic mass is 9.87. The van der Waals surface area contributed by atoms with Gasteiger partial charge in [-0.2, -0.15) is 0 Å². The Morgan fingerprint density at radius 1 is 1.16 bits per heavy atom. The maximum Gasteiger partial charge on any atom is 0.227 e. The van der Waals surface area contributed by atoms with E-state index in [2.05, 4.69) is 42.2 Å². The van der Waals surface area contributed by atoms with Gasteiger partial charge in [0.1, 0.15) is 0 Å². The number of hydrogen-bond acceptors (Lipinski definition) is 2. The molecule has 2 aromatic rings. The SMILES string of the molecule is CCC(c1ccccc1)C1CCCN1C(=O)Cc1ccc(N)cc1.Cl. The highest BCUT2D eigenvalue weighted by molar-refractivity contribution is 5.85. The predicted molar refractivity (Wildman–Crippen MR) is 106 cm³/mol. The van der Waals surface area contributed by atoms with Crippen molar-refractivity contribution in [2.24, 2.45) is 0 Å². The molecule has 2 N–H and O–H groups in total. The Hall–Kier alpha value is -2.00. The lowest BCUT2D eigenvalue weighted by Gasteiger charge is -2.32. The molecule has 1 fully saturated rings. The molecular weight excluding hydrogens is 332 g/mol. The zero-order chi connectivity index (χ0) is 16.9. The number of benzene rings is 2. The third-order valence-corrected chi connectivity index (χ3v) is 5.09. The van der Waals surface area contributed by atoms with Crippen molar-refractivity contribution < 1.29 is 4.79 Å². The second kappa shape index (κ2) is 8.91. The van der Waals surface area contributed by atoms with E-state index in [1.165, 1.54) is 5.56 Å². The van der Waals surface area contributed by atoms with Gasteiger partial charge in [0.15, 0.2) is 0 Å². The van der Waals surface area contributed by atoms with E-state index >= 15 is 0 Å². The monoisotopic (exact) mass is 358 g/mol. The van der Waals surface area contributed by atoms with E-state index in [1.54, 1.807) is 0 Å². The van der Waals surface area contributed by atoms with Gasteiger partial charge in [-0.3, -0.25) is 4.79 Å². The average Bonchev–Trinajstić information content (AvgIpc) is 3.08. The third-order valence-electron chi connectivity index (χ3n) is 5.09. The van der Waals surface area contributed by atoms with Gasteiger partial charge < -0.3 is 10.6 Å². The van der Waals surface area contributed by atoms with Crippen molar-refractivity contribution >= 4 is 24.0 Å². The summed E-state index contributed by atoms with van der Waals surface area (Å²) in [4.78, 5) is 15.0. The second-order valence-corrected chi connectivity index (χ2v) is 6.64. The van der Waals surface area contributed by atoms with Crippen LogP contribution in [-0.4, -0.2) is 23.4 Å². The minimum atomic E-state index is 0. The second-order valence-electron chi connectivity index (χ2n) is 6.64. The Kier molecular flexibility index (Phi) is 6.89. The molecule has 2 unspecified atom stereocenters. The minimum absolute atomic E-state index is 0. The van der Waals surface area contributed by atoms with Crippen molar-refractivity contribution in [1.29, 1.82) is 0 Å². The van der Waals surface area contributed by atoms with Gasteiger partial charge in [0.05, 0.1) is 6.42 Å². The van der Waals surface area contributed by atoms with Gasteiger partial charge in [-0.15, -0.1) is 12.4 Å². The number of carbonyl (C=O) groups excluding carboxylic acids is 1. The maximum absolute atomic E-state index is 12.9. The van der Waals surface area contributed by atoms with E-state index in [-0.39, 0.29) is 18.3 Å². The first-order chi connectivity index (χ1) is 11.7. The van der Waals surface area contributed by atoms with Gasteiger partial charge in [0, 0.05) is 24.2 Å². The molecule has 2 atom stereocenters. The first-order valence-corrected chi connectivity index (χ1v) is 8.88. The van der Waals surface area contributed by atoms with E-state index in [0.29, 0.717) is 18.4 Å². The lowest BCUT2D eigenvalue weighted by molar-refractivity contribution is -0.131. The highest BCUT2D eigenvalue weighted by atomic mass is 35.5. The Morgan fingerprint density at radius 3 is 2.48 bits per heavy atom. The van der Waals surface area contributed by atoms with Crippen molar-refractivity contribution in [2.75, 3.05) is 12.3 Å². The smallest absolute Gasteiger partial charge is 0.227 e. The zero-order valence-corrected chi connectivity index (χ0v) is 15.5. The zero-order valence-electron chi connectivity index (χ0n) is 14.7. The lowest BCUT2D eigenvalue weighted by Crippen LogP contribution is -2.40. The summed E-state index contributed by atoms with van der Waals surface area (Å²) in [6.45, 7) is 3.10. The average molecular weight is 359 g/mol. The van der Waals surface area contributed by atoms with Crippen LogP contribution < -0.4 is 5.73 Å². The van der Waals surface area contributed by atoms with E-state index in [0.717, 1.165) is 37.1 Å². The molecule has 0 bridgehead atoms. The number of nitrogen functional groups attached to an aromatic ring is 1. The molecule has 134 valence electrons. The van der Waals surface area contributed by atoms with E-state index < -0.39 is 0 Å². The number of likely N-dealkylation sites (tertiary alicyclic amines) is 1. The first kappa shape index (κ1) is 19.3. The number of halogens is 1. The van der Waals surface area contributed by atoms with Crippen molar-refractivity contribution in [1.82, 2.24) is 4.90 Å². The summed E-state index contributed by atoms with van der Waals surface area (Å²) in [5.74, 6) is 0.653. The first-order valence-electron chi connectivity index (χ1n) is 8.88. The largest absolute Gasteiger partial charge is 0.399 e. The number of carbonyl (C=O) groups is 1. The molecule has 3 nitrogen and oxygen atoms in total. The van der Waals surface area contributed by atoms with Crippen LogP contribution in [0.5, 0.6) is 0 Å². The Morgan fingerprint density at radius 2 is 1.84 bits per heavy atom. The Bertz CT molecular complexity index is 672. The van der Waals surface area contributed by atoms with Crippen LogP contribution in [0, 0.1) is 0 Å². The molecule has 1 saturated heterocycles. The number of nitrogens with two attached hydrogens (primary N) is 1. The number of anilines is 1. The molecule has 1 amide bonds. The van der Waals surface area contributed by atoms with Crippen molar-refractivity contribution in [3.63, 3.8) is 0 Å². The topological polar surface area (TPSA) is 46.3 Å². The fourth-order valence-electron chi connectivity index (χ4n) is 3.86. The molecule has 25 heavy (non-hydrogen) atoms.